The van der Waals surface area contributed by atoms with Crippen LogP contribution in [0.3, 0.4) is 0 Å². The fraction of sp³-hybridized carbons (Fsp3) is 0.312. The third kappa shape index (κ3) is 12.7. The first-order chi connectivity index (χ1) is 29.8. The normalized spacial score (nSPS) is 13.0. The third-order valence-corrected chi connectivity index (χ3v) is 10.0. The number of esters is 2. The number of benzene rings is 4. The van der Waals surface area contributed by atoms with E-state index in [1.54, 1.807) is 62.8 Å². The van der Waals surface area contributed by atoms with Crippen molar-refractivity contribution < 1.29 is 57.5 Å². The number of aliphatic hydroxyl groups is 1. The lowest BCUT2D eigenvalue weighted by Gasteiger charge is -2.42. The van der Waals surface area contributed by atoms with E-state index in [0.29, 0.717) is 17.1 Å². The van der Waals surface area contributed by atoms with Crippen LogP contribution in [0.5, 0.6) is 11.5 Å². The van der Waals surface area contributed by atoms with Crippen molar-refractivity contribution in [1.29, 1.82) is 0 Å². The van der Waals surface area contributed by atoms with Crippen molar-refractivity contribution in [2.45, 2.75) is 57.3 Å². The molecular formula is C48H56N2O12. The number of amides is 2. The molecule has 0 aliphatic carbocycles. The minimum atomic E-state index is -1.96. The summed E-state index contributed by atoms with van der Waals surface area (Å²) >= 11 is 0. The summed E-state index contributed by atoms with van der Waals surface area (Å²) < 4.78 is 31.8. The number of ether oxygens (including phenoxy) is 6. The number of carbonyl (C=O) groups excluding carboxylic acids is 5. The maximum absolute atomic E-state index is 13.0. The monoisotopic (exact) mass is 852 g/mol. The summed E-state index contributed by atoms with van der Waals surface area (Å²) in [5.41, 5.74) is -0.560. The molecule has 4 aromatic rings. The summed E-state index contributed by atoms with van der Waals surface area (Å²) in [6, 6.07) is 32.7. The van der Waals surface area contributed by atoms with Gasteiger partial charge in [-0.15, -0.1) is 0 Å². The van der Waals surface area contributed by atoms with Gasteiger partial charge in [-0.1, -0.05) is 98.1 Å². The van der Waals surface area contributed by atoms with E-state index in [2.05, 4.69) is 13.2 Å². The maximum atomic E-state index is 13.0. The molecule has 14 nitrogen and oxygen atoms in total. The van der Waals surface area contributed by atoms with Crippen LogP contribution in [0.15, 0.2) is 135 Å². The van der Waals surface area contributed by atoms with Gasteiger partial charge in [0.15, 0.2) is 11.3 Å². The number of rotatable bonds is 22. The molecule has 0 aliphatic rings. The summed E-state index contributed by atoms with van der Waals surface area (Å²) in [5, 5.41) is 10.7. The topological polar surface area (TPSA) is 167 Å². The Labute approximate surface area is 363 Å². The summed E-state index contributed by atoms with van der Waals surface area (Å²) in [5.74, 6) is -2.06. The van der Waals surface area contributed by atoms with E-state index in [-0.39, 0.29) is 39.5 Å². The lowest BCUT2D eigenvalue weighted by atomic mass is 9.90. The number of aliphatic hydroxyl groups excluding tert-OH is 1. The van der Waals surface area contributed by atoms with Crippen LogP contribution in [-0.4, -0.2) is 103 Å². The Bertz CT molecular complexity index is 2070. The first-order valence-corrected chi connectivity index (χ1v) is 19.5. The Morgan fingerprint density at radius 1 is 0.597 bits per heavy atom. The summed E-state index contributed by atoms with van der Waals surface area (Å²) in [4.78, 5) is 66.7. The number of carbonyl (C=O) groups is 5. The second-order valence-electron chi connectivity index (χ2n) is 13.9. The molecule has 62 heavy (non-hydrogen) atoms. The Morgan fingerprint density at radius 3 is 1.37 bits per heavy atom. The molecular weight excluding hydrogens is 797 g/mol. The zero-order chi connectivity index (χ0) is 45.7. The molecule has 0 spiro atoms. The van der Waals surface area contributed by atoms with E-state index in [4.69, 9.17) is 28.4 Å². The van der Waals surface area contributed by atoms with Gasteiger partial charge in [-0.05, 0) is 72.5 Å². The molecule has 0 fully saturated rings. The third-order valence-electron chi connectivity index (χ3n) is 10.0. The predicted octanol–water partition coefficient (Wildman–Crippen LogP) is 5.65. The van der Waals surface area contributed by atoms with Crippen molar-refractivity contribution in [3.8, 4) is 11.5 Å². The number of nitrogens with zero attached hydrogens (tertiary/aromatic N) is 2. The van der Waals surface area contributed by atoms with Gasteiger partial charge in [-0.25, -0.2) is 9.59 Å². The number of methoxy groups -OCH3 is 4. The zero-order valence-electron chi connectivity index (χ0n) is 36.1. The highest BCUT2D eigenvalue weighted by atomic mass is 16.5. The molecule has 0 saturated heterocycles. The minimum absolute atomic E-state index is 0.0295. The van der Waals surface area contributed by atoms with Crippen molar-refractivity contribution in [2.24, 2.45) is 0 Å². The largest absolute Gasteiger partial charge is 0.497 e. The van der Waals surface area contributed by atoms with Crippen LogP contribution in [0.1, 0.15) is 36.1 Å². The van der Waals surface area contributed by atoms with Crippen molar-refractivity contribution in [3.05, 3.63) is 157 Å². The first kappa shape index (κ1) is 49.8. The van der Waals surface area contributed by atoms with Gasteiger partial charge in [0.25, 0.3) is 0 Å². The fourth-order valence-electron chi connectivity index (χ4n) is 6.45. The summed E-state index contributed by atoms with van der Waals surface area (Å²) in [6.45, 7) is 9.47. The Kier molecular flexibility index (Phi) is 19.7. The molecule has 0 bridgehead atoms. The Balaban J connectivity index is 0.000000330. The molecule has 0 saturated carbocycles. The molecule has 4 aromatic carbocycles. The molecule has 1 N–H and O–H groups in total. The van der Waals surface area contributed by atoms with Gasteiger partial charge in [0, 0.05) is 13.1 Å². The number of ketones is 1. The molecule has 330 valence electrons. The van der Waals surface area contributed by atoms with Gasteiger partial charge < -0.3 is 43.3 Å². The van der Waals surface area contributed by atoms with E-state index < -0.39 is 46.7 Å². The molecule has 0 unspecified atom stereocenters. The average Bonchev–Trinajstić information content (AvgIpc) is 3.30. The fourth-order valence-corrected chi connectivity index (χ4v) is 6.45. The predicted molar refractivity (Wildman–Crippen MR) is 232 cm³/mol. The highest BCUT2D eigenvalue weighted by Crippen LogP contribution is 2.28. The lowest BCUT2D eigenvalue weighted by Crippen LogP contribution is -2.65. The van der Waals surface area contributed by atoms with Crippen LogP contribution in [0.2, 0.25) is 0 Å². The second-order valence-corrected chi connectivity index (χ2v) is 13.9. The Hall–Kier alpha value is -6.61. The molecule has 3 atom stereocenters. The molecule has 0 heterocycles. The van der Waals surface area contributed by atoms with Crippen LogP contribution in [-0.2, 0) is 69.2 Å². The highest BCUT2D eigenvalue weighted by Gasteiger charge is 2.53. The van der Waals surface area contributed by atoms with E-state index in [0.717, 1.165) is 33.7 Å². The quantitative estimate of drug-likeness (QED) is 0.0588. The van der Waals surface area contributed by atoms with Crippen molar-refractivity contribution in [2.75, 3.05) is 41.7 Å². The van der Waals surface area contributed by atoms with E-state index in [1.807, 2.05) is 60.7 Å². The minimum Gasteiger partial charge on any atom is -0.497 e. The number of hydrogen-bond donors (Lipinski definition) is 1. The SMILES string of the molecule is C=CC(=O)N(Cc1ccc(OC)cc1)[C@@](COCc1ccccc1)(C(=O)OC)[C@@H](C)O.C=CC(=O)N(Cc1ccc(OC)cc1)[C@](COCc1ccccc1)(C(C)=O)C(=O)OC. The van der Waals surface area contributed by atoms with Crippen molar-refractivity contribution >= 4 is 29.5 Å². The van der Waals surface area contributed by atoms with Crippen molar-refractivity contribution in [3.63, 3.8) is 0 Å². The van der Waals surface area contributed by atoms with Gasteiger partial charge in [0.2, 0.25) is 17.4 Å². The standard InChI is InChI=1S/C24H29NO6.C24H27NO6/c2*1-5-22(27)25(15-19-11-13-21(29-3)14-12-19)24(18(2)26,23(28)30-4)17-31-16-20-9-7-6-8-10-20/h5-14,18,26H,1,15-17H2,2-4H3;5-14H,1,15-17H2,2-4H3/t18-,24-;24-/m11/s1. The van der Waals surface area contributed by atoms with Crippen molar-refractivity contribution in [1.82, 2.24) is 9.80 Å². The van der Waals surface area contributed by atoms with Gasteiger partial charge in [0.05, 0.1) is 61.0 Å². The molecule has 14 heteroatoms. The zero-order valence-corrected chi connectivity index (χ0v) is 36.1. The molecule has 4 rings (SSSR count). The average molecular weight is 853 g/mol. The van der Waals surface area contributed by atoms with Gasteiger partial charge in [0.1, 0.15) is 11.5 Å². The molecule has 0 aromatic heterocycles. The van der Waals surface area contributed by atoms with Crippen LogP contribution >= 0.6 is 0 Å². The van der Waals surface area contributed by atoms with Gasteiger partial charge in [-0.3, -0.25) is 14.4 Å². The van der Waals surface area contributed by atoms with E-state index >= 15 is 0 Å². The van der Waals surface area contributed by atoms with Crippen LogP contribution in [0.4, 0.5) is 0 Å². The molecule has 2 amide bonds. The van der Waals surface area contributed by atoms with Gasteiger partial charge in [-0.2, -0.15) is 0 Å². The summed E-state index contributed by atoms with van der Waals surface area (Å²) in [6.07, 6.45) is 0.875. The summed E-state index contributed by atoms with van der Waals surface area (Å²) in [7, 11) is 5.48. The van der Waals surface area contributed by atoms with Crippen LogP contribution < -0.4 is 9.47 Å². The molecule has 0 aliphatic heterocycles. The number of Topliss-reactive ketones (excluding diaryl/α,β-unsaturated/α-hetero) is 1. The van der Waals surface area contributed by atoms with E-state index in [9.17, 15) is 29.1 Å². The van der Waals surface area contributed by atoms with Crippen LogP contribution in [0.25, 0.3) is 0 Å². The second kappa shape index (κ2) is 24.6. The van der Waals surface area contributed by atoms with Gasteiger partial charge >= 0.3 is 11.9 Å². The number of hydrogen-bond acceptors (Lipinski definition) is 12. The lowest BCUT2D eigenvalue weighted by molar-refractivity contribution is -0.177. The highest BCUT2D eigenvalue weighted by molar-refractivity contribution is 6.11. The Morgan fingerprint density at radius 2 is 1.00 bits per heavy atom. The molecule has 0 radical (unpaired) electrons. The maximum Gasteiger partial charge on any atom is 0.342 e. The first-order valence-electron chi connectivity index (χ1n) is 19.5. The van der Waals surface area contributed by atoms with Crippen LogP contribution in [0, 0.1) is 0 Å². The van der Waals surface area contributed by atoms with E-state index in [1.165, 1.54) is 33.0 Å². The smallest absolute Gasteiger partial charge is 0.342 e.